The zero-order valence-electron chi connectivity index (χ0n) is 16.7. The van der Waals surface area contributed by atoms with Crippen LogP contribution in [0, 0.1) is 0 Å². The van der Waals surface area contributed by atoms with E-state index in [2.05, 4.69) is 29.2 Å². The Morgan fingerprint density at radius 2 is 1.54 bits per heavy atom. The number of rotatable bonds is 7. The van der Waals surface area contributed by atoms with Gasteiger partial charge < -0.3 is 20.3 Å². The van der Waals surface area contributed by atoms with Crippen molar-refractivity contribution in [2.45, 2.75) is 67.3 Å². The highest BCUT2D eigenvalue weighted by molar-refractivity contribution is 5.82. The number of methoxy groups -OCH3 is 1. The Hall–Kier alpha value is -1.79. The molecule has 24 heavy (non-hydrogen) atoms. The fraction of sp³-hybridized carbons (Fsp3) is 0.824. The van der Waals surface area contributed by atoms with E-state index in [0.29, 0.717) is 13.1 Å². The molecule has 0 aromatic rings. The molecule has 0 aromatic heterocycles. The maximum atomic E-state index is 12.0. The lowest BCUT2D eigenvalue weighted by Gasteiger charge is -2.30. The molecular weight excluding hydrogens is 310 g/mol. The highest BCUT2D eigenvalue weighted by atomic mass is 16.5. The van der Waals surface area contributed by atoms with Crippen molar-refractivity contribution in [3.05, 3.63) is 0 Å². The number of nitrogens with one attached hydrogen (secondary N) is 2. The predicted octanol–water partition coefficient (Wildman–Crippen LogP) is 2.55. The third kappa shape index (κ3) is 15.1. The van der Waals surface area contributed by atoms with E-state index in [4.69, 9.17) is 0 Å². The van der Waals surface area contributed by atoms with Crippen LogP contribution in [-0.2, 0) is 14.3 Å². The lowest BCUT2D eigenvalue weighted by atomic mass is 10.2. The molecule has 0 saturated heterocycles. The highest BCUT2D eigenvalue weighted by Gasteiger charge is 2.21. The second-order valence-corrected chi connectivity index (χ2v) is 4.73. The van der Waals surface area contributed by atoms with E-state index < -0.39 is 6.09 Å². The molecule has 0 aliphatic carbocycles. The standard InChI is InChI=1S/C12H23N3O4.C3H8.C2H6/c1-5-10(7-13-9(3)16)15(6-2)11(17)8-14-12(18)19-4;1-3-2;1-2/h10H,5-8H2,1-4H3,(H,13,16)(H,14,18);3H2,1-2H3;1-2H3. The Balaban J connectivity index is -0.000000786. The Kier molecular flexibility index (Phi) is 21.7. The summed E-state index contributed by atoms with van der Waals surface area (Å²) in [7, 11) is 1.24. The summed E-state index contributed by atoms with van der Waals surface area (Å²) in [6.45, 7) is 14.3. The van der Waals surface area contributed by atoms with Gasteiger partial charge in [-0.3, -0.25) is 9.59 Å². The van der Waals surface area contributed by atoms with Crippen molar-refractivity contribution in [3.8, 4) is 0 Å². The molecule has 0 radical (unpaired) electrons. The molecule has 1 unspecified atom stereocenters. The number of likely N-dealkylation sites (N-methyl/N-ethyl adjacent to an activating group) is 1. The van der Waals surface area contributed by atoms with E-state index in [0.717, 1.165) is 6.42 Å². The number of carbonyl (C=O) groups excluding carboxylic acids is 3. The minimum Gasteiger partial charge on any atom is -0.453 e. The molecule has 0 aliphatic heterocycles. The Labute approximate surface area is 147 Å². The summed E-state index contributed by atoms with van der Waals surface area (Å²) < 4.78 is 4.40. The van der Waals surface area contributed by atoms with E-state index >= 15 is 0 Å². The van der Waals surface area contributed by atoms with Crippen LogP contribution in [0.1, 0.15) is 61.3 Å². The first kappa shape index (κ1) is 27.1. The van der Waals surface area contributed by atoms with Crippen molar-refractivity contribution >= 4 is 17.9 Å². The van der Waals surface area contributed by atoms with Crippen molar-refractivity contribution < 1.29 is 19.1 Å². The van der Waals surface area contributed by atoms with E-state index in [9.17, 15) is 14.4 Å². The third-order valence-electron chi connectivity index (χ3n) is 2.73. The molecule has 3 amide bonds. The number of ether oxygens (including phenoxy) is 1. The molecule has 0 spiro atoms. The maximum Gasteiger partial charge on any atom is 0.407 e. The van der Waals surface area contributed by atoms with Gasteiger partial charge in [-0.15, -0.1) is 0 Å². The molecule has 144 valence electrons. The summed E-state index contributed by atoms with van der Waals surface area (Å²) in [5.74, 6) is -0.334. The number of hydrogen-bond acceptors (Lipinski definition) is 4. The Morgan fingerprint density at radius 1 is 1.04 bits per heavy atom. The van der Waals surface area contributed by atoms with E-state index in [-0.39, 0.29) is 24.4 Å². The van der Waals surface area contributed by atoms with Gasteiger partial charge in [0.05, 0.1) is 7.11 Å². The molecule has 7 nitrogen and oxygen atoms in total. The third-order valence-corrected chi connectivity index (χ3v) is 2.73. The van der Waals surface area contributed by atoms with Gasteiger partial charge in [0, 0.05) is 26.1 Å². The second kappa shape index (κ2) is 19.3. The van der Waals surface area contributed by atoms with E-state index in [1.807, 2.05) is 27.7 Å². The van der Waals surface area contributed by atoms with Crippen molar-refractivity contribution in [2.24, 2.45) is 0 Å². The lowest BCUT2D eigenvalue weighted by Crippen LogP contribution is -2.49. The quantitative estimate of drug-likeness (QED) is 0.741. The van der Waals surface area contributed by atoms with Gasteiger partial charge in [0.15, 0.2) is 0 Å². The summed E-state index contributed by atoms with van der Waals surface area (Å²) in [6.07, 6.45) is 1.33. The van der Waals surface area contributed by atoms with Crippen molar-refractivity contribution in [3.63, 3.8) is 0 Å². The molecule has 0 bridgehead atoms. The molecule has 1 atom stereocenters. The SMILES string of the molecule is CC.CCC.CCC(CNC(C)=O)N(CC)C(=O)CNC(=O)OC. The van der Waals surface area contributed by atoms with Gasteiger partial charge in [-0.05, 0) is 13.3 Å². The predicted molar refractivity (Wildman–Crippen MR) is 97.9 cm³/mol. The minimum absolute atomic E-state index is 0.0825. The largest absolute Gasteiger partial charge is 0.453 e. The molecule has 2 N–H and O–H groups in total. The normalized spacial score (nSPS) is 10.0. The van der Waals surface area contributed by atoms with E-state index in [1.54, 1.807) is 4.90 Å². The molecular formula is C17H37N3O4. The zero-order valence-corrected chi connectivity index (χ0v) is 16.7. The van der Waals surface area contributed by atoms with Crippen LogP contribution in [0.15, 0.2) is 0 Å². The number of nitrogens with zero attached hydrogens (tertiary/aromatic N) is 1. The molecule has 0 aromatic carbocycles. The van der Waals surface area contributed by atoms with Crippen LogP contribution in [0.2, 0.25) is 0 Å². The van der Waals surface area contributed by atoms with Gasteiger partial charge in [0.25, 0.3) is 0 Å². The minimum atomic E-state index is -0.640. The average molecular weight is 348 g/mol. The van der Waals surface area contributed by atoms with Crippen LogP contribution in [-0.4, -0.2) is 55.6 Å². The first-order valence-corrected chi connectivity index (χ1v) is 8.73. The smallest absolute Gasteiger partial charge is 0.407 e. The molecule has 0 aliphatic rings. The fourth-order valence-corrected chi connectivity index (χ4v) is 1.70. The molecule has 0 saturated carbocycles. The van der Waals surface area contributed by atoms with Crippen LogP contribution in [0.5, 0.6) is 0 Å². The fourth-order valence-electron chi connectivity index (χ4n) is 1.70. The Morgan fingerprint density at radius 3 is 1.88 bits per heavy atom. The van der Waals surface area contributed by atoms with Crippen LogP contribution in [0.25, 0.3) is 0 Å². The van der Waals surface area contributed by atoms with Gasteiger partial charge in [-0.2, -0.15) is 0 Å². The van der Waals surface area contributed by atoms with E-state index in [1.165, 1.54) is 20.5 Å². The van der Waals surface area contributed by atoms with Gasteiger partial charge in [0.2, 0.25) is 11.8 Å². The van der Waals surface area contributed by atoms with Crippen LogP contribution >= 0.6 is 0 Å². The summed E-state index contributed by atoms with van der Waals surface area (Å²) in [4.78, 5) is 35.4. The average Bonchev–Trinajstić information content (AvgIpc) is 2.58. The van der Waals surface area contributed by atoms with Gasteiger partial charge in [-0.25, -0.2) is 4.79 Å². The monoisotopic (exact) mass is 347 g/mol. The summed E-state index contributed by atoms with van der Waals surface area (Å²) in [6, 6.07) is -0.0825. The zero-order chi connectivity index (χ0) is 19.5. The number of carbonyl (C=O) groups is 3. The topological polar surface area (TPSA) is 87.7 Å². The molecule has 0 rings (SSSR count). The van der Waals surface area contributed by atoms with Gasteiger partial charge in [0.1, 0.15) is 6.54 Å². The number of alkyl carbamates (subject to hydrolysis) is 1. The van der Waals surface area contributed by atoms with Crippen molar-refractivity contribution in [2.75, 3.05) is 26.7 Å². The van der Waals surface area contributed by atoms with Crippen LogP contribution in [0.4, 0.5) is 4.79 Å². The highest BCUT2D eigenvalue weighted by Crippen LogP contribution is 2.03. The summed E-state index contributed by atoms with van der Waals surface area (Å²) in [5.41, 5.74) is 0. The van der Waals surface area contributed by atoms with Crippen molar-refractivity contribution in [1.82, 2.24) is 15.5 Å². The summed E-state index contributed by atoms with van der Waals surface area (Å²) >= 11 is 0. The Bertz CT molecular complexity index is 336. The second-order valence-electron chi connectivity index (χ2n) is 4.73. The van der Waals surface area contributed by atoms with Crippen molar-refractivity contribution in [1.29, 1.82) is 0 Å². The first-order chi connectivity index (χ1) is 11.4. The molecule has 0 heterocycles. The lowest BCUT2D eigenvalue weighted by molar-refractivity contribution is -0.132. The molecule has 7 heteroatoms. The maximum absolute atomic E-state index is 12.0. The van der Waals surface area contributed by atoms with Crippen LogP contribution in [0.3, 0.4) is 0 Å². The number of hydrogen-bond donors (Lipinski definition) is 2. The number of amides is 3. The summed E-state index contributed by atoms with van der Waals surface area (Å²) in [5, 5.41) is 5.05. The van der Waals surface area contributed by atoms with Gasteiger partial charge in [-0.1, -0.05) is 41.0 Å². The van der Waals surface area contributed by atoms with Gasteiger partial charge >= 0.3 is 6.09 Å². The first-order valence-electron chi connectivity index (χ1n) is 8.73. The molecule has 0 fully saturated rings. The van der Waals surface area contributed by atoms with Crippen LogP contribution < -0.4 is 10.6 Å².